The lowest BCUT2D eigenvalue weighted by Crippen LogP contribution is -2.10. The molecule has 1 aliphatic rings. The Morgan fingerprint density at radius 3 is 2.24 bits per heavy atom. The van der Waals surface area contributed by atoms with Crippen molar-refractivity contribution in [1.29, 1.82) is 0 Å². The Labute approximate surface area is 190 Å². The van der Waals surface area contributed by atoms with Crippen LogP contribution in [0.1, 0.15) is 31.8 Å². The lowest BCUT2D eigenvalue weighted by atomic mass is 10.0. The quantitative estimate of drug-likeness (QED) is 0.315. The zero-order valence-corrected chi connectivity index (χ0v) is 18.5. The van der Waals surface area contributed by atoms with Crippen molar-refractivity contribution in [3.8, 4) is 28.7 Å². The second-order valence-corrected chi connectivity index (χ2v) is 7.14. The zero-order chi connectivity index (χ0) is 23.5. The summed E-state index contributed by atoms with van der Waals surface area (Å²) in [5.74, 6) is 0.906. The first kappa shape index (κ1) is 21.9. The fourth-order valence-corrected chi connectivity index (χ4v) is 3.51. The third-order valence-electron chi connectivity index (χ3n) is 5.06. The molecule has 0 spiro atoms. The van der Waals surface area contributed by atoms with Gasteiger partial charge in [0.15, 0.2) is 17.3 Å². The van der Waals surface area contributed by atoms with Gasteiger partial charge in [0.25, 0.3) is 0 Å². The molecule has 1 aromatic heterocycles. The van der Waals surface area contributed by atoms with Crippen LogP contribution in [0.2, 0.25) is 0 Å². The van der Waals surface area contributed by atoms with Gasteiger partial charge in [-0.3, -0.25) is 9.78 Å². The van der Waals surface area contributed by atoms with E-state index in [1.54, 1.807) is 43.6 Å². The number of carbonyl (C=O) groups excluding carboxylic acids is 2. The van der Waals surface area contributed by atoms with Gasteiger partial charge in [0, 0.05) is 18.5 Å². The molecule has 0 fully saturated rings. The summed E-state index contributed by atoms with van der Waals surface area (Å²) >= 11 is 0. The number of aryl methyl sites for hydroxylation is 1. The normalized spacial score (nSPS) is 13.3. The molecule has 0 radical (unpaired) electrons. The molecule has 3 aromatic rings. The number of hydrogen-bond acceptors (Lipinski definition) is 8. The fourth-order valence-electron chi connectivity index (χ4n) is 3.51. The van der Waals surface area contributed by atoms with E-state index in [1.807, 2.05) is 0 Å². The van der Waals surface area contributed by atoms with E-state index < -0.39 is 5.97 Å². The minimum atomic E-state index is -0.634. The number of ether oxygens (including phenoxy) is 5. The predicted octanol–water partition coefficient (Wildman–Crippen LogP) is 4.25. The molecule has 0 N–H and O–H groups in total. The molecule has 0 saturated heterocycles. The molecule has 2 heterocycles. The molecule has 0 amide bonds. The number of pyridine rings is 1. The summed E-state index contributed by atoms with van der Waals surface area (Å²) in [5.41, 5.74) is 2.05. The van der Waals surface area contributed by atoms with E-state index in [9.17, 15) is 9.59 Å². The maximum Gasteiger partial charge on any atom is 0.343 e. The van der Waals surface area contributed by atoms with Crippen molar-refractivity contribution in [3.05, 3.63) is 76.8 Å². The van der Waals surface area contributed by atoms with Crippen LogP contribution in [0, 0.1) is 6.92 Å². The number of benzene rings is 2. The molecule has 0 saturated carbocycles. The molecule has 1 aliphatic heterocycles. The molecular formula is C25H21NO7. The smallest absolute Gasteiger partial charge is 0.343 e. The molecule has 168 valence electrons. The van der Waals surface area contributed by atoms with Crippen molar-refractivity contribution >= 4 is 17.8 Å². The average Bonchev–Trinajstić information content (AvgIpc) is 3.13. The monoisotopic (exact) mass is 447 g/mol. The highest BCUT2D eigenvalue weighted by atomic mass is 16.5. The van der Waals surface area contributed by atoms with Crippen LogP contribution in [0.25, 0.3) is 6.08 Å². The minimum absolute atomic E-state index is 0.187. The van der Waals surface area contributed by atoms with E-state index in [4.69, 9.17) is 23.7 Å². The van der Waals surface area contributed by atoms with E-state index in [-0.39, 0.29) is 22.9 Å². The van der Waals surface area contributed by atoms with Crippen LogP contribution < -0.4 is 23.7 Å². The van der Waals surface area contributed by atoms with Gasteiger partial charge in [0.2, 0.25) is 11.5 Å². The maximum absolute atomic E-state index is 12.8. The Kier molecular flexibility index (Phi) is 5.99. The molecule has 8 heteroatoms. The predicted molar refractivity (Wildman–Crippen MR) is 119 cm³/mol. The summed E-state index contributed by atoms with van der Waals surface area (Å²) < 4.78 is 27.2. The van der Waals surface area contributed by atoms with Crippen molar-refractivity contribution in [2.75, 3.05) is 21.3 Å². The average molecular weight is 447 g/mol. The summed E-state index contributed by atoms with van der Waals surface area (Å²) in [5, 5.41) is 0. The maximum atomic E-state index is 12.8. The molecule has 0 aliphatic carbocycles. The topological polar surface area (TPSA) is 93.2 Å². The van der Waals surface area contributed by atoms with E-state index >= 15 is 0 Å². The van der Waals surface area contributed by atoms with Crippen LogP contribution in [0.5, 0.6) is 28.7 Å². The molecule has 2 aromatic carbocycles. The van der Waals surface area contributed by atoms with E-state index in [1.165, 1.54) is 39.5 Å². The van der Waals surface area contributed by atoms with Crippen molar-refractivity contribution < 1.29 is 33.3 Å². The SMILES string of the molecule is COc1cc(C(=O)Oc2cc(C)c3c(c2)O/C(=C\c2ccncc2)C3=O)cc(OC)c1OC. The summed E-state index contributed by atoms with van der Waals surface area (Å²) in [6.07, 6.45) is 4.90. The Balaban J connectivity index is 1.62. The number of carbonyl (C=O) groups is 2. The van der Waals surface area contributed by atoms with Gasteiger partial charge in [0.1, 0.15) is 11.5 Å². The number of fused-ring (bicyclic) bond motifs is 1. The number of ketones is 1. The molecule has 0 atom stereocenters. The second kappa shape index (κ2) is 9.04. The Morgan fingerprint density at radius 2 is 1.64 bits per heavy atom. The van der Waals surface area contributed by atoms with Crippen LogP contribution in [0.4, 0.5) is 0 Å². The standard InChI is InChI=1S/C25H21NO7/c1-14-9-17(32-25(28)16-11-20(29-2)24(31-4)21(12-16)30-3)13-18-22(14)23(27)19(33-18)10-15-5-7-26-8-6-15/h5-13H,1-4H3/b19-10-. The van der Waals surface area contributed by atoms with Crippen molar-refractivity contribution in [1.82, 2.24) is 4.98 Å². The number of allylic oxidation sites excluding steroid dienone is 1. The molecule has 0 bridgehead atoms. The van der Waals surface area contributed by atoms with Gasteiger partial charge in [0.05, 0.1) is 32.5 Å². The number of methoxy groups -OCH3 is 3. The lowest BCUT2D eigenvalue weighted by molar-refractivity contribution is 0.0733. The van der Waals surface area contributed by atoms with Gasteiger partial charge in [-0.05, 0) is 54.5 Å². The minimum Gasteiger partial charge on any atom is -0.493 e. The second-order valence-electron chi connectivity index (χ2n) is 7.14. The van der Waals surface area contributed by atoms with E-state index in [0.29, 0.717) is 34.1 Å². The molecular weight excluding hydrogens is 426 g/mol. The van der Waals surface area contributed by atoms with Gasteiger partial charge in [-0.1, -0.05) is 0 Å². The lowest BCUT2D eigenvalue weighted by Gasteiger charge is -2.14. The van der Waals surface area contributed by atoms with Crippen LogP contribution in [0.3, 0.4) is 0 Å². The van der Waals surface area contributed by atoms with Crippen molar-refractivity contribution in [2.24, 2.45) is 0 Å². The molecule has 33 heavy (non-hydrogen) atoms. The van der Waals surface area contributed by atoms with Crippen molar-refractivity contribution in [3.63, 3.8) is 0 Å². The Morgan fingerprint density at radius 1 is 0.970 bits per heavy atom. The first-order valence-electron chi connectivity index (χ1n) is 9.96. The van der Waals surface area contributed by atoms with E-state index in [2.05, 4.69) is 4.98 Å². The third kappa shape index (κ3) is 4.23. The third-order valence-corrected chi connectivity index (χ3v) is 5.06. The summed E-state index contributed by atoms with van der Waals surface area (Å²) in [4.78, 5) is 29.6. The number of hydrogen-bond donors (Lipinski definition) is 0. The summed E-state index contributed by atoms with van der Waals surface area (Å²) in [7, 11) is 4.40. The fraction of sp³-hybridized carbons (Fsp3) is 0.160. The zero-order valence-electron chi connectivity index (χ0n) is 18.5. The Hall–Kier alpha value is -4.33. The van der Waals surface area contributed by atoms with Gasteiger partial charge < -0.3 is 23.7 Å². The number of aromatic nitrogens is 1. The molecule has 0 unspecified atom stereocenters. The highest BCUT2D eigenvalue weighted by Crippen LogP contribution is 2.40. The number of esters is 1. The molecule has 8 nitrogen and oxygen atoms in total. The van der Waals surface area contributed by atoms with Crippen LogP contribution in [0.15, 0.2) is 54.6 Å². The van der Waals surface area contributed by atoms with Gasteiger partial charge in [-0.2, -0.15) is 0 Å². The summed E-state index contributed by atoms with van der Waals surface area (Å²) in [6.45, 7) is 1.76. The highest BCUT2D eigenvalue weighted by Gasteiger charge is 2.30. The van der Waals surface area contributed by atoms with Crippen LogP contribution in [-0.2, 0) is 0 Å². The molecule has 4 rings (SSSR count). The first-order valence-corrected chi connectivity index (χ1v) is 9.96. The van der Waals surface area contributed by atoms with Gasteiger partial charge >= 0.3 is 5.97 Å². The Bertz CT molecular complexity index is 1240. The van der Waals surface area contributed by atoms with E-state index in [0.717, 1.165) is 5.56 Å². The summed E-state index contributed by atoms with van der Waals surface area (Å²) in [6, 6.07) is 9.67. The van der Waals surface area contributed by atoms with Crippen molar-refractivity contribution in [2.45, 2.75) is 6.92 Å². The van der Waals surface area contributed by atoms with Crippen LogP contribution in [-0.4, -0.2) is 38.1 Å². The largest absolute Gasteiger partial charge is 0.493 e. The number of rotatable bonds is 6. The van der Waals surface area contributed by atoms with Gasteiger partial charge in [-0.25, -0.2) is 4.79 Å². The number of nitrogens with zero attached hydrogens (tertiary/aromatic N) is 1. The van der Waals surface area contributed by atoms with Crippen LogP contribution >= 0.6 is 0 Å². The number of Topliss-reactive ketones (excluding diaryl/α,β-unsaturated/α-hetero) is 1. The highest BCUT2D eigenvalue weighted by molar-refractivity contribution is 6.15. The van der Waals surface area contributed by atoms with Gasteiger partial charge in [-0.15, -0.1) is 0 Å². The first-order chi connectivity index (χ1) is 15.9.